The SMILES string of the molecule is CC(C)CC(NS(=O)(=O)c1ccccc1)C(=O)NC1Cc2cccc(c2)CCCCNC(=O)C1=O. The van der Waals surface area contributed by atoms with Crippen molar-refractivity contribution in [1.29, 1.82) is 0 Å². The molecule has 3 rings (SSSR count). The zero-order chi connectivity index (χ0) is 25.4. The number of carbonyl (C=O) groups excluding carboxylic acids is 3. The van der Waals surface area contributed by atoms with Gasteiger partial charge in [-0.3, -0.25) is 14.4 Å². The smallest absolute Gasteiger partial charge is 0.289 e. The van der Waals surface area contributed by atoms with Gasteiger partial charge in [0, 0.05) is 13.0 Å². The van der Waals surface area contributed by atoms with E-state index < -0.39 is 39.7 Å². The maximum absolute atomic E-state index is 13.3. The molecule has 0 saturated carbocycles. The molecule has 1 aliphatic rings. The first-order valence-electron chi connectivity index (χ1n) is 11.9. The number of rotatable bonds is 7. The summed E-state index contributed by atoms with van der Waals surface area (Å²) >= 11 is 0. The first-order chi connectivity index (χ1) is 16.7. The van der Waals surface area contributed by atoms with Crippen molar-refractivity contribution < 1.29 is 22.8 Å². The van der Waals surface area contributed by atoms with Gasteiger partial charge in [0.25, 0.3) is 5.91 Å². The molecule has 2 aromatic carbocycles. The van der Waals surface area contributed by atoms with Crippen LogP contribution in [0.4, 0.5) is 0 Å². The molecule has 0 spiro atoms. The van der Waals surface area contributed by atoms with Crippen LogP contribution in [0.5, 0.6) is 0 Å². The molecule has 188 valence electrons. The van der Waals surface area contributed by atoms with Crippen molar-refractivity contribution in [2.24, 2.45) is 5.92 Å². The first kappa shape index (κ1) is 26.6. The van der Waals surface area contributed by atoms with Gasteiger partial charge in [-0.15, -0.1) is 0 Å². The number of benzene rings is 2. The Hall–Kier alpha value is -3.04. The lowest BCUT2D eigenvalue weighted by molar-refractivity contribution is -0.140. The van der Waals surface area contributed by atoms with E-state index in [9.17, 15) is 22.8 Å². The Morgan fingerprint density at radius 1 is 1.03 bits per heavy atom. The minimum absolute atomic E-state index is 0.00351. The normalized spacial score (nSPS) is 18.2. The second-order valence-electron chi connectivity index (χ2n) is 9.28. The summed E-state index contributed by atoms with van der Waals surface area (Å²) in [5.41, 5.74) is 1.94. The number of hydrogen-bond acceptors (Lipinski definition) is 5. The molecule has 0 aliphatic carbocycles. The summed E-state index contributed by atoms with van der Waals surface area (Å²) in [7, 11) is -3.97. The number of aryl methyl sites for hydroxylation is 1. The molecule has 0 radical (unpaired) electrons. The second kappa shape index (κ2) is 12.1. The van der Waals surface area contributed by atoms with Gasteiger partial charge in [-0.25, -0.2) is 8.42 Å². The predicted molar refractivity (Wildman–Crippen MR) is 133 cm³/mol. The van der Waals surface area contributed by atoms with Crippen molar-refractivity contribution in [2.75, 3.05) is 6.54 Å². The van der Waals surface area contributed by atoms with Crippen LogP contribution >= 0.6 is 0 Å². The van der Waals surface area contributed by atoms with Crippen LogP contribution in [-0.4, -0.2) is 44.6 Å². The van der Waals surface area contributed by atoms with Gasteiger partial charge in [-0.2, -0.15) is 4.72 Å². The molecule has 8 nitrogen and oxygen atoms in total. The summed E-state index contributed by atoms with van der Waals surface area (Å²) in [6.07, 6.45) is 2.83. The quantitative estimate of drug-likeness (QED) is 0.504. The van der Waals surface area contributed by atoms with E-state index in [1.807, 2.05) is 38.1 Å². The van der Waals surface area contributed by atoms with Crippen molar-refractivity contribution in [2.45, 2.75) is 62.9 Å². The molecule has 35 heavy (non-hydrogen) atoms. The van der Waals surface area contributed by atoms with Crippen LogP contribution in [0.2, 0.25) is 0 Å². The van der Waals surface area contributed by atoms with Crippen molar-refractivity contribution in [3.8, 4) is 0 Å². The van der Waals surface area contributed by atoms with E-state index >= 15 is 0 Å². The Labute approximate surface area is 206 Å². The van der Waals surface area contributed by atoms with E-state index in [2.05, 4.69) is 15.4 Å². The van der Waals surface area contributed by atoms with Crippen LogP contribution < -0.4 is 15.4 Å². The largest absolute Gasteiger partial charge is 0.349 e. The van der Waals surface area contributed by atoms with Crippen LogP contribution in [0.1, 0.15) is 44.2 Å². The Morgan fingerprint density at radius 2 is 1.74 bits per heavy atom. The van der Waals surface area contributed by atoms with Crippen molar-refractivity contribution >= 4 is 27.6 Å². The minimum Gasteiger partial charge on any atom is -0.349 e. The molecule has 2 aromatic rings. The summed E-state index contributed by atoms with van der Waals surface area (Å²) in [4.78, 5) is 38.8. The van der Waals surface area contributed by atoms with Gasteiger partial charge in [0.2, 0.25) is 21.7 Å². The zero-order valence-electron chi connectivity index (χ0n) is 20.1. The van der Waals surface area contributed by atoms with E-state index in [0.29, 0.717) is 6.54 Å². The lowest BCUT2D eigenvalue weighted by Gasteiger charge is -2.24. The first-order valence-corrected chi connectivity index (χ1v) is 13.4. The maximum Gasteiger partial charge on any atom is 0.289 e. The molecule has 2 unspecified atom stereocenters. The molecule has 0 fully saturated rings. The highest BCUT2D eigenvalue weighted by atomic mass is 32.2. The third-order valence-corrected chi connectivity index (χ3v) is 7.33. The van der Waals surface area contributed by atoms with E-state index in [1.54, 1.807) is 18.2 Å². The third-order valence-electron chi connectivity index (χ3n) is 5.84. The molecule has 2 amide bonds. The highest BCUT2D eigenvalue weighted by Crippen LogP contribution is 2.15. The number of carbonyl (C=O) groups is 3. The Kier molecular flexibility index (Phi) is 9.17. The van der Waals surface area contributed by atoms with Gasteiger partial charge in [-0.1, -0.05) is 56.3 Å². The number of nitrogens with one attached hydrogen (secondary N) is 3. The van der Waals surface area contributed by atoms with E-state index in [4.69, 9.17) is 0 Å². The number of ketones is 1. The fraction of sp³-hybridized carbons (Fsp3) is 0.423. The average Bonchev–Trinajstić information content (AvgIpc) is 2.82. The molecule has 3 N–H and O–H groups in total. The monoisotopic (exact) mass is 499 g/mol. The maximum atomic E-state index is 13.3. The van der Waals surface area contributed by atoms with Gasteiger partial charge >= 0.3 is 0 Å². The predicted octanol–water partition coefficient (Wildman–Crippen LogP) is 2.13. The van der Waals surface area contributed by atoms with Crippen molar-refractivity contribution in [3.63, 3.8) is 0 Å². The minimum atomic E-state index is -3.97. The Balaban J connectivity index is 1.85. The zero-order valence-corrected chi connectivity index (χ0v) is 20.9. The van der Waals surface area contributed by atoms with Crippen molar-refractivity contribution in [1.82, 2.24) is 15.4 Å². The highest BCUT2D eigenvalue weighted by Gasteiger charge is 2.32. The Morgan fingerprint density at radius 3 is 2.46 bits per heavy atom. The van der Waals surface area contributed by atoms with Crippen LogP contribution in [0.15, 0.2) is 59.5 Å². The molecule has 1 heterocycles. The summed E-state index contributed by atoms with van der Waals surface area (Å²) in [6.45, 7) is 4.12. The summed E-state index contributed by atoms with van der Waals surface area (Å²) in [5.74, 6) is -2.15. The number of fused-ring (bicyclic) bond motifs is 2. The third kappa shape index (κ3) is 7.73. The molecule has 0 aromatic heterocycles. The number of amides is 2. The fourth-order valence-electron chi connectivity index (χ4n) is 4.07. The fourth-order valence-corrected chi connectivity index (χ4v) is 5.30. The lowest BCUT2D eigenvalue weighted by atomic mass is 9.97. The molecular formula is C26H33N3O5S. The average molecular weight is 500 g/mol. The topological polar surface area (TPSA) is 121 Å². The highest BCUT2D eigenvalue weighted by molar-refractivity contribution is 7.89. The van der Waals surface area contributed by atoms with Crippen LogP contribution in [0.3, 0.4) is 0 Å². The van der Waals surface area contributed by atoms with Gasteiger partial charge in [0.05, 0.1) is 4.90 Å². The van der Waals surface area contributed by atoms with Crippen LogP contribution in [0.25, 0.3) is 0 Å². The summed E-state index contributed by atoms with van der Waals surface area (Å²) in [5, 5.41) is 5.30. The van der Waals surface area contributed by atoms with E-state index in [0.717, 1.165) is 30.4 Å². The van der Waals surface area contributed by atoms with Crippen LogP contribution in [-0.2, 0) is 37.2 Å². The summed E-state index contributed by atoms with van der Waals surface area (Å²) < 4.78 is 28.3. The molecule has 2 bridgehead atoms. The molecule has 9 heteroatoms. The second-order valence-corrected chi connectivity index (χ2v) is 11.0. The summed E-state index contributed by atoms with van der Waals surface area (Å²) in [6, 6.07) is 13.3. The van der Waals surface area contributed by atoms with Gasteiger partial charge in [0.15, 0.2) is 0 Å². The number of hydrogen-bond donors (Lipinski definition) is 3. The molecule has 2 atom stereocenters. The molecule has 0 saturated heterocycles. The lowest BCUT2D eigenvalue weighted by Crippen LogP contribution is -2.54. The van der Waals surface area contributed by atoms with Crippen LogP contribution in [0, 0.1) is 5.92 Å². The standard InChI is InChI=1S/C26H33N3O5S/c1-18(2)15-23(29-35(33,34)21-12-4-3-5-13-21)25(31)28-22-17-20-11-8-10-19(16-20)9-6-7-14-27-26(32)24(22)30/h3-5,8,10-13,16,18,22-23,29H,6-7,9,14-15,17H2,1-2H3,(H,27,32)(H,28,31). The van der Waals surface area contributed by atoms with Crippen molar-refractivity contribution in [3.05, 3.63) is 65.7 Å². The molecule has 1 aliphatic heterocycles. The molecular weight excluding hydrogens is 466 g/mol. The number of sulfonamides is 1. The van der Waals surface area contributed by atoms with E-state index in [1.165, 1.54) is 12.1 Å². The Bertz CT molecular complexity index is 1150. The van der Waals surface area contributed by atoms with Gasteiger partial charge in [-0.05, 0) is 54.9 Å². The van der Waals surface area contributed by atoms with Gasteiger partial charge < -0.3 is 10.6 Å². The van der Waals surface area contributed by atoms with E-state index in [-0.39, 0.29) is 23.7 Å². The number of Topliss-reactive ketones (excluding diaryl/α,β-unsaturated/α-hetero) is 1. The van der Waals surface area contributed by atoms with Gasteiger partial charge in [0.1, 0.15) is 12.1 Å².